The number of hydrogen-bond donors (Lipinski definition) is 2. The maximum atomic E-state index is 6.02. The summed E-state index contributed by atoms with van der Waals surface area (Å²) < 4.78 is 0. The van der Waals surface area contributed by atoms with E-state index in [2.05, 4.69) is 24.4 Å². The van der Waals surface area contributed by atoms with Crippen LogP contribution >= 0.6 is 11.6 Å². The summed E-state index contributed by atoms with van der Waals surface area (Å²) in [5, 5.41) is 3.92. The van der Waals surface area contributed by atoms with E-state index < -0.39 is 0 Å². The normalized spacial score (nSPS) is 10.3. The zero-order valence-corrected chi connectivity index (χ0v) is 10.7. The van der Waals surface area contributed by atoms with Gasteiger partial charge in [0.2, 0.25) is 0 Å². The molecule has 2 nitrogen and oxygen atoms in total. The second kappa shape index (κ2) is 4.68. The Labute approximate surface area is 106 Å². The van der Waals surface area contributed by atoms with Crippen molar-refractivity contribution in [3.05, 3.63) is 52.5 Å². The summed E-state index contributed by atoms with van der Waals surface area (Å²) in [6.45, 7) is 4.07. The molecule has 2 rings (SSSR count). The molecule has 0 bridgehead atoms. The van der Waals surface area contributed by atoms with Gasteiger partial charge in [0.25, 0.3) is 0 Å². The predicted octanol–water partition coefficient (Wildman–Crippen LogP) is 4.28. The number of hydrogen-bond acceptors (Lipinski definition) is 2. The Kier molecular flexibility index (Phi) is 3.25. The Hall–Kier alpha value is -1.67. The minimum atomic E-state index is 0.575. The lowest BCUT2D eigenvalue weighted by atomic mass is 10.1. The van der Waals surface area contributed by atoms with Gasteiger partial charge in [0.05, 0.1) is 10.7 Å². The van der Waals surface area contributed by atoms with Crippen LogP contribution in [0.15, 0.2) is 36.4 Å². The van der Waals surface area contributed by atoms with Crippen molar-refractivity contribution in [2.75, 3.05) is 11.1 Å². The zero-order valence-electron chi connectivity index (χ0n) is 9.92. The summed E-state index contributed by atoms with van der Waals surface area (Å²) in [6, 6.07) is 11.9. The molecule has 0 amide bonds. The van der Waals surface area contributed by atoms with Crippen LogP contribution in [0.25, 0.3) is 0 Å². The third-order valence-electron chi connectivity index (χ3n) is 2.64. The Morgan fingerprint density at radius 3 is 2.59 bits per heavy atom. The number of nitrogens with two attached hydrogens (primary N) is 1. The Balaban J connectivity index is 2.33. The summed E-state index contributed by atoms with van der Waals surface area (Å²) in [5.41, 5.74) is 10.7. The fourth-order valence-corrected chi connectivity index (χ4v) is 1.88. The van der Waals surface area contributed by atoms with E-state index in [0.717, 1.165) is 16.9 Å². The van der Waals surface area contributed by atoms with Crippen molar-refractivity contribution in [3.63, 3.8) is 0 Å². The number of anilines is 3. The first-order valence-electron chi connectivity index (χ1n) is 5.45. The molecular formula is C14H15ClN2. The van der Waals surface area contributed by atoms with Crippen LogP contribution in [-0.4, -0.2) is 0 Å². The Morgan fingerprint density at radius 1 is 1.12 bits per heavy atom. The van der Waals surface area contributed by atoms with Gasteiger partial charge in [-0.15, -0.1) is 0 Å². The van der Waals surface area contributed by atoms with Crippen molar-refractivity contribution in [1.82, 2.24) is 0 Å². The van der Waals surface area contributed by atoms with Crippen LogP contribution in [0.2, 0.25) is 5.02 Å². The van der Waals surface area contributed by atoms with Crippen molar-refractivity contribution in [2.24, 2.45) is 0 Å². The summed E-state index contributed by atoms with van der Waals surface area (Å²) in [5.74, 6) is 0. The number of benzene rings is 2. The number of halogens is 1. The van der Waals surface area contributed by atoms with Crippen LogP contribution in [-0.2, 0) is 0 Å². The molecule has 0 radical (unpaired) electrons. The van der Waals surface area contributed by atoms with E-state index in [0.29, 0.717) is 10.7 Å². The van der Waals surface area contributed by atoms with Crippen LogP contribution in [0.1, 0.15) is 11.1 Å². The lowest BCUT2D eigenvalue weighted by Crippen LogP contribution is -1.96. The number of aryl methyl sites for hydroxylation is 2. The molecule has 17 heavy (non-hydrogen) atoms. The molecular weight excluding hydrogens is 232 g/mol. The molecule has 0 aliphatic heterocycles. The maximum Gasteiger partial charge on any atom is 0.0656 e. The largest absolute Gasteiger partial charge is 0.398 e. The van der Waals surface area contributed by atoms with Gasteiger partial charge in [-0.05, 0) is 49.2 Å². The summed E-state index contributed by atoms with van der Waals surface area (Å²) in [4.78, 5) is 0. The van der Waals surface area contributed by atoms with E-state index >= 15 is 0 Å². The van der Waals surface area contributed by atoms with E-state index in [4.69, 9.17) is 17.3 Å². The van der Waals surface area contributed by atoms with Crippen molar-refractivity contribution >= 4 is 28.7 Å². The van der Waals surface area contributed by atoms with Gasteiger partial charge in [-0.1, -0.05) is 23.7 Å². The van der Waals surface area contributed by atoms with Gasteiger partial charge in [-0.25, -0.2) is 0 Å². The molecule has 0 saturated carbocycles. The molecule has 2 aromatic carbocycles. The molecule has 2 aromatic rings. The number of nitrogen functional groups attached to an aromatic ring is 1. The highest BCUT2D eigenvalue weighted by Gasteiger charge is 2.03. The van der Waals surface area contributed by atoms with Crippen LogP contribution < -0.4 is 11.1 Å². The van der Waals surface area contributed by atoms with E-state index in [9.17, 15) is 0 Å². The molecule has 0 unspecified atom stereocenters. The van der Waals surface area contributed by atoms with Crippen LogP contribution in [0.5, 0.6) is 0 Å². The highest BCUT2D eigenvalue weighted by molar-refractivity contribution is 6.33. The molecule has 0 fully saturated rings. The topological polar surface area (TPSA) is 38.0 Å². The fourth-order valence-electron chi connectivity index (χ4n) is 1.72. The van der Waals surface area contributed by atoms with Gasteiger partial charge in [0, 0.05) is 11.4 Å². The smallest absolute Gasteiger partial charge is 0.0656 e. The fraction of sp³-hybridized carbons (Fsp3) is 0.143. The molecule has 0 aromatic heterocycles. The first kappa shape index (κ1) is 11.8. The second-order valence-electron chi connectivity index (χ2n) is 4.18. The zero-order chi connectivity index (χ0) is 12.4. The third kappa shape index (κ3) is 2.71. The molecule has 0 heterocycles. The second-order valence-corrected chi connectivity index (χ2v) is 4.59. The summed E-state index contributed by atoms with van der Waals surface area (Å²) >= 11 is 6.02. The first-order chi connectivity index (χ1) is 8.06. The lowest BCUT2D eigenvalue weighted by molar-refractivity contribution is 1.41. The standard InChI is InChI=1S/C14H15ClN2/c1-9-4-3-5-11(6-9)17-14-8-12(15)13(16)7-10(14)2/h3-8,17H,16H2,1-2H3. The SMILES string of the molecule is Cc1cccc(Nc2cc(Cl)c(N)cc2C)c1. The Bertz CT molecular complexity index is 550. The molecule has 0 saturated heterocycles. The van der Waals surface area contributed by atoms with Gasteiger partial charge in [0.1, 0.15) is 0 Å². The van der Waals surface area contributed by atoms with Gasteiger partial charge in [-0.3, -0.25) is 0 Å². The molecule has 0 atom stereocenters. The highest BCUT2D eigenvalue weighted by Crippen LogP contribution is 2.29. The van der Waals surface area contributed by atoms with Crippen LogP contribution in [0, 0.1) is 13.8 Å². The van der Waals surface area contributed by atoms with E-state index in [1.165, 1.54) is 5.56 Å². The monoisotopic (exact) mass is 246 g/mol. The predicted molar refractivity (Wildman–Crippen MR) is 75.1 cm³/mol. The average molecular weight is 247 g/mol. The van der Waals surface area contributed by atoms with Crippen molar-refractivity contribution < 1.29 is 0 Å². The van der Waals surface area contributed by atoms with Gasteiger partial charge >= 0.3 is 0 Å². The molecule has 0 aliphatic rings. The molecule has 3 heteroatoms. The van der Waals surface area contributed by atoms with Crippen molar-refractivity contribution in [3.8, 4) is 0 Å². The summed E-state index contributed by atoms with van der Waals surface area (Å²) in [7, 11) is 0. The molecule has 0 spiro atoms. The van der Waals surface area contributed by atoms with E-state index in [-0.39, 0.29) is 0 Å². The number of nitrogens with one attached hydrogen (secondary N) is 1. The van der Waals surface area contributed by atoms with E-state index in [1.807, 2.05) is 31.2 Å². The van der Waals surface area contributed by atoms with Gasteiger partial charge in [0.15, 0.2) is 0 Å². The minimum Gasteiger partial charge on any atom is -0.398 e. The average Bonchev–Trinajstić information content (AvgIpc) is 2.26. The van der Waals surface area contributed by atoms with Crippen molar-refractivity contribution in [2.45, 2.75) is 13.8 Å². The van der Waals surface area contributed by atoms with Gasteiger partial charge < -0.3 is 11.1 Å². The molecule has 88 valence electrons. The highest BCUT2D eigenvalue weighted by atomic mass is 35.5. The summed E-state index contributed by atoms with van der Waals surface area (Å²) in [6.07, 6.45) is 0. The number of rotatable bonds is 2. The molecule has 0 aliphatic carbocycles. The van der Waals surface area contributed by atoms with Gasteiger partial charge in [-0.2, -0.15) is 0 Å². The van der Waals surface area contributed by atoms with Crippen LogP contribution in [0.4, 0.5) is 17.1 Å². The minimum absolute atomic E-state index is 0.575. The first-order valence-corrected chi connectivity index (χ1v) is 5.83. The molecule has 3 N–H and O–H groups in total. The lowest BCUT2D eigenvalue weighted by Gasteiger charge is -2.12. The van der Waals surface area contributed by atoms with E-state index in [1.54, 1.807) is 0 Å². The van der Waals surface area contributed by atoms with Crippen LogP contribution in [0.3, 0.4) is 0 Å². The quantitative estimate of drug-likeness (QED) is 0.776. The third-order valence-corrected chi connectivity index (χ3v) is 2.97. The van der Waals surface area contributed by atoms with Crippen molar-refractivity contribution in [1.29, 1.82) is 0 Å². The maximum absolute atomic E-state index is 6.02. The Morgan fingerprint density at radius 2 is 1.88 bits per heavy atom.